The van der Waals surface area contributed by atoms with E-state index in [-0.39, 0.29) is 28.5 Å². The Labute approximate surface area is 357 Å². The van der Waals surface area contributed by atoms with Gasteiger partial charge < -0.3 is 38.2 Å². The smallest absolute Gasteiger partial charge is 0.741 e. The normalized spacial score (nSPS) is 11.0. The number of pyridine rings is 2. The van der Waals surface area contributed by atoms with Crippen molar-refractivity contribution in [3.8, 4) is 0 Å². The van der Waals surface area contributed by atoms with Crippen LogP contribution in [0.2, 0.25) is 0 Å². The number of aromatic nitrogens is 2. The number of carbonyl (C=O) groups excluding carboxylic acids is 2. The van der Waals surface area contributed by atoms with Gasteiger partial charge in [-0.15, -0.1) is 0 Å². The van der Waals surface area contributed by atoms with E-state index in [1.807, 2.05) is 125 Å². The number of esters is 2. The van der Waals surface area contributed by atoms with E-state index in [0.29, 0.717) is 22.4 Å². The second kappa shape index (κ2) is 23.0. The third-order valence-electron chi connectivity index (χ3n) is 6.79. The van der Waals surface area contributed by atoms with Crippen LogP contribution in [-0.2, 0) is 46.8 Å². The van der Waals surface area contributed by atoms with E-state index < -0.39 is 43.2 Å². The molecule has 0 saturated carbocycles. The van der Waals surface area contributed by atoms with Gasteiger partial charge in [0.15, 0.2) is 20.2 Å². The number of guanidine groups is 2. The molecule has 0 N–H and O–H groups in total. The molecule has 18 nitrogen and oxygen atoms in total. The first-order chi connectivity index (χ1) is 27.4. The minimum atomic E-state index is -6.09. The number of methoxy groups -OCH3 is 2. The number of fused-ring (bicyclic) bond motifs is 2. The van der Waals surface area contributed by atoms with Crippen LogP contribution in [-0.4, -0.2) is 161 Å². The molecule has 0 fully saturated rings. The van der Waals surface area contributed by atoms with Gasteiger partial charge in [0.25, 0.3) is 0 Å². The number of rotatable bonds is 4. The minimum Gasteiger partial charge on any atom is -0.741 e. The van der Waals surface area contributed by atoms with Crippen molar-refractivity contribution in [3.05, 3.63) is 72.1 Å². The predicted molar refractivity (Wildman–Crippen MR) is 207 cm³/mol. The van der Waals surface area contributed by atoms with Crippen LogP contribution in [0.15, 0.2) is 70.6 Å². The number of hydrogen-bond acceptors (Lipinski definition) is 14. The molecule has 1 radical (unpaired) electrons. The van der Waals surface area contributed by atoms with Gasteiger partial charge in [0.1, 0.15) is 11.4 Å². The largest absolute Gasteiger partial charge is 2.00 e. The van der Waals surface area contributed by atoms with Gasteiger partial charge in [-0.1, -0.05) is 36.4 Å². The fourth-order valence-electron chi connectivity index (χ4n) is 4.30. The van der Waals surface area contributed by atoms with Crippen LogP contribution in [0.25, 0.3) is 21.8 Å². The Hall–Kier alpha value is -5.34. The Morgan fingerprint density at radius 3 is 1.03 bits per heavy atom. The number of para-hydroxylation sites is 2. The Morgan fingerprint density at radius 1 is 0.557 bits per heavy atom. The first kappa shape index (κ1) is 55.7. The second-order valence-electron chi connectivity index (χ2n) is 12.3. The van der Waals surface area contributed by atoms with Gasteiger partial charge in [-0.05, 0) is 24.3 Å². The molecule has 27 heteroatoms. The van der Waals surface area contributed by atoms with E-state index in [1.54, 1.807) is 12.1 Å². The summed E-state index contributed by atoms with van der Waals surface area (Å²) in [7, 11) is 5.93. The zero-order chi connectivity index (χ0) is 46.6. The molecule has 0 aliphatic rings. The minimum absolute atomic E-state index is 0. The Balaban J connectivity index is 0.000000866. The van der Waals surface area contributed by atoms with Gasteiger partial charge in [-0.2, -0.15) is 26.3 Å². The maximum atomic E-state index is 11.7. The molecule has 0 aliphatic carbocycles. The summed E-state index contributed by atoms with van der Waals surface area (Å²) in [6, 6.07) is 18.5. The van der Waals surface area contributed by atoms with Crippen molar-refractivity contribution in [2.45, 2.75) is 11.0 Å². The number of hydrogen-bond donors (Lipinski definition) is 0. The fourth-order valence-corrected chi connectivity index (χ4v) is 4.30. The first-order valence-corrected chi connectivity index (χ1v) is 19.1. The summed E-state index contributed by atoms with van der Waals surface area (Å²) < 4.78 is 127. The second-order valence-corrected chi connectivity index (χ2v) is 15.0. The van der Waals surface area contributed by atoms with Crippen LogP contribution in [0, 0.1) is 0 Å². The summed E-state index contributed by atoms with van der Waals surface area (Å²) in [6.07, 6.45) is 0. The molecule has 0 aliphatic heterocycles. The maximum Gasteiger partial charge on any atom is 2.00 e. The number of ether oxygens (including phenoxy) is 2. The van der Waals surface area contributed by atoms with Crippen LogP contribution in [0.1, 0.15) is 21.0 Å². The van der Waals surface area contributed by atoms with Crippen LogP contribution in [0.3, 0.4) is 0 Å². The molecule has 4 aromatic rings. The van der Waals surface area contributed by atoms with Gasteiger partial charge in [0, 0.05) is 67.2 Å². The zero-order valence-electron chi connectivity index (χ0n) is 33.8. The molecule has 0 saturated heterocycles. The fraction of sp³-hybridized carbons (Fsp3) is 0.353. The van der Waals surface area contributed by atoms with Crippen molar-refractivity contribution in [1.29, 1.82) is 0 Å². The van der Waals surface area contributed by atoms with Gasteiger partial charge in [0.05, 0.1) is 36.6 Å². The van der Waals surface area contributed by atoms with Crippen LogP contribution in [0.5, 0.6) is 0 Å². The number of nitrogens with zero attached hydrogens (tertiary/aromatic N) is 8. The van der Waals surface area contributed by atoms with E-state index in [1.165, 1.54) is 14.2 Å². The van der Waals surface area contributed by atoms with Crippen molar-refractivity contribution < 1.29 is 88.4 Å². The molecule has 0 spiro atoms. The van der Waals surface area contributed by atoms with Gasteiger partial charge in [-0.25, -0.2) is 46.4 Å². The molecule has 0 unspecified atom stereocenters. The molecule has 0 amide bonds. The number of benzene rings is 2. The summed E-state index contributed by atoms with van der Waals surface area (Å²) in [6.45, 7) is 0. The molecular formula is C34H40CuF6N8O10S2. The molecule has 0 bridgehead atoms. The van der Waals surface area contributed by atoms with Gasteiger partial charge >= 0.3 is 40.0 Å². The summed E-state index contributed by atoms with van der Waals surface area (Å²) in [4.78, 5) is 49.1. The Kier molecular flexibility index (Phi) is 21.0. The predicted octanol–water partition coefficient (Wildman–Crippen LogP) is 4.36. The van der Waals surface area contributed by atoms with Crippen molar-refractivity contribution in [2.24, 2.45) is 9.98 Å². The summed E-state index contributed by atoms with van der Waals surface area (Å²) in [5.41, 5.74) is -7.98. The van der Waals surface area contributed by atoms with E-state index in [9.17, 15) is 35.9 Å². The topological polar surface area (TPSA) is 230 Å². The summed E-state index contributed by atoms with van der Waals surface area (Å²) in [5, 5.41) is 1.84. The molecule has 61 heavy (non-hydrogen) atoms. The SMILES string of the molecule is COC(=O)c1ccc2cccc(N=C(N(C)C)N(C)C)c2n1.COC(=O)c1ccc2cccc(N=C(N(C)C)N(C)C)c2n1.O=S(=O)([O-])C(F)(F)F.O=S(=O)([O-])C(F)(F)F.[Cu+2]. The molecule has 4 rings (SSSR count). The van der Waals surface area contributed by atoms with E-state index in [0.717, 1.165) is 22.7 Å². The average Bonchev–Trinajstić information content (AvgIpc) is 3.13. The molecular weight excluding hydrogens is 922 g/mol. The third-order valence-corrected chi connectivity index (χ3v) is 7.93. The van der Waals surface area contributed by atoms with Crippen molar-refractivity contribution in [1.82, 2.24) is 29.6 Å². The maximum absolute atomic E-state index is 11.7. The van der Waals surface area contributed by atoms with E-state index >= 15 is 0 Å². The standard InChI is InChI=1S/2C16H20N4O2.2CHF3O3S.Cu/c2*1-19(2)16(20(3)4)18-12-8-6-7-11-9-10-13(15(21)22-5)17-14(11)12;2*2-1(3,4)8(5,6)7;/h2*6-10H,1-5H3;2*(H,5,6,7);/q;;;;+2/p-2. The Morgan fingerprint density at radius 2 is 0.820 bits per heavy atom. The number of alkyl halides is 6. The van der Waals surface area contributed by atoms with Crippen LogP contribution < -0.4 is 0 Å². The van der Waals surface area contributed by atoms with Crippen LogP contribution >= 0.6 is 0 Å². The molecule has 2 aromatic heterocycles. The number of aliphatic imine (C=N–C) groups is 2. The van der Waals surface area contributed by atoms with Crippen LogP contribution in [0.4, 0.5) is 37.7 Å². The van der Waals surface area contributed by atoms with E-state index in [4.69, 9.17) is 35.4 Å². The molecule has 2 aromatic carbocycles. The summed E-state index contributed by atoms with van der Waals surface area (Å²) >= 11 is 0. The van der Waals surface area contributed by atoms with Gasteiger partial charge in [0.2, 0.25) is 11.9 Å². The molecule has 341 valence electrons. The first-order valence-electron chi connectivity index (χ1n) is 16.2. The average molecular weight is 962 g/mol. The quantitative estimate of drug-likeness (QED) is 0.0526. The molecule has 0 atom stereocenters. The Bertz CT molecular complexity index is 2230. The van der Waals surface area contributed by atoms with Gasteiger partial charge in [-0.3, -0.25) is 0 Å². The van der Waals surface area contributed by atoms with Crippen molar-refractivity contribution >= 4 is 77.3 Å². The monoisotopic (exact) mass is 961 g/mol. The third kappa shape index (κ3) is 16.9. The van der Waals surface area contributed by atoms with E-state index in [2.05, 4.69) is 20.0 Å². The summed E-state index contributed by atoms with van der Waals surface area (Å²) in [5.74, 6) is 0.665. The van der Waals surface area contributed by atoms with Crippen molar-refractivity contribution in [3.63, 3.8) is 0 Å². The molecule has 2 heterocycles. The number of carbonyl (C=O) groups is 2. The van der Waals surface area contributed by atoms with Crippen molar-refractivity contribution in [2.75, 3.05) is 70.6 Å². The zero-order valence-corrected chi connectivity index (χ0v) is 36.4. The number of halogens is 6.